The van der Waals surface area contributed by atoms with Crippen molar-refractivity contribution in [3.63, 3.8) is 0 Å². The maximum absolute atomic E-state index is 13.4. The number of likely N-dealkylation sites (tertiary alicyclic amines) is 1. The molecule has 4 N–H and O–H groups in total. The molecule has 1 rings (SSSR count). The lowest BCUT2D eigenvalue weighted by atomic mass is 9.86. The number of hydrogen-bond donors (Lipinski definition) is 3. The first-order chi connectivity index (χ1) is 16.1. The number of amides is 3. The maximum Gasteiger partial charge on any atom is 0.289 e. The van der Waals surface area contributed by atoms with E-state index in [2.05, 4.69) is 23.8 Å². The second-order valence-corrected chi connectivity index (χ2v) is 11.1. The van der Waals surface area contributed by atoms with Gasteiger partial charge in [-0.2, -0.15) is 0 Å². The summed E-state index contributed by atoms with van der Waals surface area (Å²) in [6.45, 7) is 19.0. The fourth-order valence-corrected chi connectivity index (χ4v) is 3.78. The van der Waals surface area contributed by atoms with E-state index >= 15 is 0 Å². The Bertz CT molecular complexity index is 797. The van der Waals surface area contributed by atoms with Crippen molar-refractivity contribution in [1.82, 2.24) is 15.5 Å². The number of Topliss-reactive ketones (excluding diaryl/α,β-unsaturated/α-hetero) is 1. The third kappa shape index (κ3) is 9.57. The van der Waals surface area contributed by atoms with Crippen LogP contribution < -0.4 is 16.4 Å². The Morgan fingerprint density at radius 3 is 2.20 bits per heavy atom. The fraction of sp³-hybridized carbons (Fsp3) is 0.692. The van der Waals surface area contributed by atoms with Gasteiger partial charge in [0.2, 0.25) is 17.6 Å². The van der Waals surface area contributed by atoms with E-state index in [-0.39, 0.29) is 37.9 Å². The fourth-order valence-electron chi connectivity index (χ4n) is 3.78. The van der Waals surface area contributed by atoms with Crippen molar-refractivity contribution in [3.05, 3.63) is 25.3 Å². The molecule has 9 nitrogen and oxygen atoms in total. The molecule has 1 aliphatic rings. The van der Waals surface area contributed by atoms with Crippen LogP contribution >= 0.6 is 0 Å². The molecule has 0 saturated carbocycles. The Hall–Kier alpha value is -2.52. The molecule has 0 aliphatic carbocycles. The van der Waals surface area contributed by atoms with Crippen LogP contribution in [0.3, 0.4) is 0 Å². The molecule has 35 heavy (non-hydrogen) atoms. The molecule has 0 radical (unpaired) electrons. The molecular weight excluding hydrogens is 448 g/mol. The molecule has 0 aromatic rings. The van der Waals surface area contributed by atoms with Crippen molar-refractivity contribution in [2.24, 2.45) is 11.1 Å². The molecule has 0 aromatic heterocycles. The van der Waals surface area contributed by atoms with Crippen LogP contribution in [0.4, 0.5) is 0 Å². The van der Waals surface area contributed by atoms with Crippen LogP contribution in [0.1, 0.15) is 67.2 Å². The van der Waals surface area contributed by atoms with Gasteiger partial charge in [-0.15, -0.1) is 13.2 Å². The number of nitrogens with one attached hydrogen (secondary N) is 2. The van der Waals surface area contributed by atoms with Gasteiger partial charge in [0.25, 0.3) is 5.91 Å². The van der Waals surface area contributed by atoms with Crippen LogP contribution in [0.2, 0.25) is 0 Å². The summed E-state index contributed by atoms with van der Waals surface area (Å²) < 4.78 is 6.07. The monoisotopic (exact) mass is 492 g/mol. The summed E-state index contributed by atoms with van der Waals surface area (Å²) in [5.41, 5.74) is 5.26. The normalized spacial score (nSPS) is 20.0. The van der Waals surface area contributed by atoms with Crippen molar-refractivity contribution >= 4 is 23.5 Å². The minimum atomic E-state index is -1.04. The molecule has 0 spiro atoms. The lowest BCUT2D eigenvalue weighted by Crippen LogP contribution is -2.57. The number of allylic oxidation sites excluding steroid dienone is 1. The van der Waals surface area contributed by atoms with Crippen molar-refractivity contribution in [2.45, 2.75) is 97.1 Å². The van der Waals surface area contributed by atoms with Gasteiger partial charge in [-0.25, -0.2) is 0 Å². The van der Waals surface area contributed by atoms with E-state index < -0.39 is 46.7 Å². The Morgan fingerprint density at radius 2 is 1.69 bits per heavy atom. The average Bonchev–Trinajstić information content (AvgIpc) is 3.16. The highest BCUT2D eigenvalue weighted by molar-refractivity contribution is 6.38. The molecule has 1 saturated heterocycles. The van der Waals surface area contributed by atoms with Gasteiger partial charge in [0.15, 0.2) is 0 Å². The molecule has 3 amide bonds. The molecule has 0 aromatic carbocycles. The first-order valence-electron chi connectivity index (χ1n) is 12.2. The van der Waals surface area contributed by atoms with E-state index in [1.807, 2.05) is 41.5 Å². The zero-order valence-electron chi connectivity index (χ0n) is 22.2. The summed E-state index contributed by atoms with van der Waals surface area (Å²) in [7, 11) is 0. The second kappa shape index (κ2) is 13.0. The van der Waals surface area contributed by atoms with Crippen LogP contribution in [0.25, 0.3) is 0 Å². The highest BCUT2D eigenvalue weighted by atomic mass is 16.5. The largest absolute Gasteiger partial charge is 0.371 e. The summed E-state index contributed by atoms with van der Waals surface area (Å²) in [4.78, 5) is 53.2. The van der Waals surface area contributed by atoms with E-state index in [9.17, 15) is 19.2 Å². The van der Waals surface area contributed by atoms with E-state index in [1.165, 1.54) is 4.90 Å². The SMILES string of the molecule is C=CCCNC(=O)C(=O)C(CCC=C)NC(=O)[C@@H]1CC(OC(C)(C)C)CN1C(=O)[C@@H](N)C(C)(C)C. The average molecular weight is 493 g/mol. The predicted octanol–water partition coefficient (Wildman–Crippen LogP) is 1.86. The molecule has 1 fully saturated rings. The van der Waals surface area contributed by atoms with Gasteiger partial charge in [0.05, 0.1) is 23.8 Å². The van der Waals surface area contributed by atoms with Crippen molar-refractivity contribution in [1.29, 1.82) is 0 Å². The summed E-state index contributed by atoms with van der Waals surface area (Å²) in [5, 5.41) is 5.24. The summed E-state index contributed by atoms with van der Waals surface area (Å²) in [6.07, 6.45) is 4.30. The van der Waals surface area contributed by atoms with Gasteiger partial charge in [0, 0.05) is 19.5 Å². The number of ketones is 1. The molecule has 1 heterocycles. The molecule has 198 valence electrons. The third-order valence-corrected chi connectivity index (χ3v) is 5.72. The number of ether oxygens (including phenoxy) is 1. The van der Waals surface area contributed by atoms with Gasteiger partial charge in [-0.05, 0) is 45.4 Å². The molecule has 4 atom stereocenters. The smallest absolute Gasteiger partial charge is 0.289 e. The number of rotatable bonds is 12. The molecule has 9 heteroatoms. The van der Waals surface area contributed by atoms with E-state index in [0.29, 0.717) is 12.8 Å². The highest BCUT2D eigenvalue weighted by Crippen LogP contribution is 2.28. The van der Waals surface area contributed by atoms with Crippen LogP contribution in [-0.4, -0.2) is 71.3 Å². The van der Waals surface area contributed by atoms with Gasteiger partial charge in [-0.3, -0.25) is 19.2 Å². The molecule has 1 aliphatic heterocycles. The minimum absolute atomic E-state index is 0.214. The Morgan fingerprint density at radius 1 is 1.09 bits per heavy atom. The zero-order valence-corrected chi connectivity index (χ0v) is 22.2. The predicted molar refractivity (Wildman–Crippen MR) is 136 cm³/mol. The van der Waals surface area contributed by atoms with Crippen molar-refractivity contribution in [2.75, 3.05) is 13.1 Å². The van der Waals surface area contributed by atoms with E-state index in [0.717, 1.165) is 0 Å². The summed E-state index contributed by atoms with van der Waals surface area (Å²) in [6, 6.07) is -2.73. The zero-order chi connectivity index (χ0) is 27.0. The third-order valence-electron chi connectivity index (χ3n) is 5.72. The molecule has 2 unspecified atom stereocenters. The van der Waals surface area contributed by atoms with Crippen LogP contribution in [0.5, 0.6) is 0 Å². The lowest BCUT2D eigenvalue weighted by Gasteiger charge is -2.33. The second-order valence-electron chi connectivity index (χ2n) is 11.1. The summed E-state index contributed by atoms with van der Waals surface area (Å²) in [5.74, 6) is -2.38. The number of nitrogens with zero attached hydrogens (tertiary/aromatic N) is 1. The topological polar surface area (TPSA) is 131 Å². The van der Waals surface area contributed by atoms with Crippen LogP contribution in [0, 0.1) is 5.41 Å². The molecule has 0 bridgehead atoms. The minimum Gasteiger partial charge on any atom is -0.371 e. The van der Waals surface area contributed by atoms with Gasteiger partial charge >= 0.3 is 0 Å². The van der Waals surface area contributed by atoms with Gasteiger partial charge in [0.1, 0.15) is 6.04 Å². The maximum atomic E-state index is 13.4. The molecular formula is C26H44N4O5. The van der Waals surface area contributed by atoms with Crippen LogP contribution in [0.15, 0.2) is 25.3 Å². The number of hydrogen-bond acceptors (Lipinski definition) is 6. The number of carbonyl (C=O) groups excluding carboxylic acids is 4. The first-order valence-corrected chi connectivity index (χ1v) is 12.2. The quantitative estimate of drug-likeness (QED) is 0.217. The first kappa shape index (κ1) is 30.5. The Balaban J connectivity index is 3.12. The standard InChI is InChI=1S/C26H44N4O5/c1-9-11-13-18(20(31)23(33)28-14-12-10-2)29-22(32)19-15-17(35-26(6,7)8)16-30(19)24(34)21(27)25(3,4)5/h9-10,17-19,21H,1-2,11-16,27H2,3-8H3,(H,28,33)(H,29,32)/t17?,18?,19-,21+/m0/s1. The van der Waals surface area contributed by atoms with E-state index in [1.54, 1.807) is 12.2 Å². The van der Waals surface area contributed by atoms with Crippen molar-refractivity contribution < 1.29 is 23.9 Å². The van der Waals surface area contributed by atoms with Crippen LogP contribution in [-0.2, 0) is 23.9 Å². The van der Waals surface area contributed by atoms with Gasteiger partial charge in [-0.1, -0.05) is 32.9 Å². The summed E-state index contributed by atoms with van der Waals surface area (Å²) >= 11 is 0. The van der Waals surface area contributed by atoms with E-state index in [4.69, 9.17) is 10.5 Å². The number of carbonyl (C=O) groups is 4. The number of nitrogens with two attached hydrogens (primary N) is 1. The Labute approximate surface area is 209 Å². The Kier molecular flexibility index (Phi) is 11.3. The highest BCUT2D eigenvalue weighted by Gasteiger charge is 2.45. The van der Waals surface area contributed by atoms with Crippen molar-refractivity contribution in [3.8, 4) is 0 Å². The lowest BCUT2D eigenvalue weighted by molar-refractivity contribution is -0.143. The van der Waals surface area contributed by atoms with Gasteiger partial charge < -0.3 is 26.0 Å².